The smallest absolute Gasteiger partial charge is 0.155 e. The van der Waals surface area contributed by atoms with Crippen LogP contribution in [0, 0.1) is 5.82 Å². The van der Waals surface area contributed by atoms with Crippen LogP contribution in [0.4, 0.5) is 4.39 Å². The second kappa shape index (κ2) is 5.78. The number of hydrogen-bond donors (Lipinski definition) is 0. The van der Waals surface area contributed by atoms with Crippen LogP contribution in [-0.2, 0) is 0 Å². The molecule has 110 valence electrons. The van der Waals surface area contributed by atoms with E-state index in [2.05, 4.69) is 5.10 Å². The summed E-state index contributed by atoms with van der Waals surface area (Å²) in [5.74, 6) is -0.322. The van der Waals surface area contributed by atoms with Gasteiger partial charge in [-0.2, -0.15) is 5.10 Å². The van der Waals surface area contributed by atoms with Crippen molar-refractivity contribution in [1.82, 2.24) is 9.78 Å². The molecule has 0 spiro atoms. The van der Waals surface area contributed by atoms with Crippen molar-refractivity contribution in [2.24, 2.45) is 0 Å². The lowest BCUT2D eigenvalue weighted by molar-refractivity contribution is 0.112. The highest BCUT2D eigenvalue weighted by Gasteiger charge is 2.27. The summed E-state index contributed by atoms with van der Waals surface area (Å²) in [5.41, 5.74) is 1.06. The maximum absolute atomic E-state index is 14.0. The Balaban J connectivity index is 2.18. The molecule has 1 saturated carbocycles. The summed E-state index contributed by atoms with van der Waals surface area (Å²) in [7, 11) is 0. The molecule has 2 aromatic rings. The Morgan fingerprint density at radius 1 is 1.29 bits per heavy atom. The van der Waals surface area contributed by atoms with Crippen molar-refractivity contribution >= 4 is 29.5 Å². The molecule has 0 bridgehead atoms. The van der Waals surface area contributed by atoms with Gasteiger partial charge in [-0.05, 0) is 25.0 Å². The van der Waals surface area contributed by atoms with Gasteiger partial charge in [0, 0.05) is 5.92 Å². The van der Waals surface area contributed by atoms with E-state index in [1.807, 2.05) is 0 Å². The van der Waals surface area contributed by atoms with Crippen LogP contribution in [0.3, 0.4) is 0 Å². The summed E-state index contributed by atoms with van der Waals surface area (Å²) in [6, 6.07) is 4.36. The Bertz CT molecular complexity index is 673. The molecule has 21 heavy (non-hydrogen) atoms. The summed E-state index contributed by atoms with van der Waals surface area (Å²) < 4.78 is 15.3. The van der Waals surface area contributed by atoms with Crippen LogP contribution in [-0.4, -0.2) is 16.1 Å². The Labute approximate surface area is 131 Å². The van der Waals surface area contributed by atoms with Gasteiger partial charge in [0.2, 0.25) is 0 Å². The van der Waals surface area contributed by atoms with Crippen molar-refractivity contribution in [2.75, 3.05) is 0 Å². The third-order valence-corrected chi connectivity index (χ3v) is 4.57. The van der Waals surface area contributed by atoms with Crippen LogP contribution in [0.2, 0.25) is 10.2 Å². The molecule has 3 rings (SSSR count). The molecule has 1 fully saturated rings. The average molecular weight is 327 g/mol. The van der Waals surface area contributed by atoms with Crippen molar-refractivity contribution < 1.29 is 9.18 Å². The first-order valence-electron chi connectivity index (χ1n) is 6.81. The van der Waals surface area contributed by atoms with E-state index in [0.29, 0.717) is 17.5 Å². The molecule has 6 heteroatoms. The van der Waals surface area contributed by atoms with Gasteiger partial charge in [-0.25, -0.2) is 9.07 Å². The van der Waals surface area contributed by atoms with Crippen molar-refractivity contribution in [3.8, 4) is 5.69 Å². The first-order valence-corrected chi connectivity index (χ1v) is 7.57. The lowest BCUT2D eigenvalue weighted by atomic mass is 10.0. The molecule has 3 nitrogen and oxygen atoms in total. The van der Waals surface area contributed by atoms with E-state index in [1.54, 1.807) is 6.07 Å². The monoisotopic (exact) mass is 326 g/mol. The van der Waals surface area contributed by atoms with Crippen molar-refractivity contribution in [3.63, 3.8) is 0 Å². The number of benzene rings is 1. The molecular formula is C15H13Cl2FN2O. The van der Waals surface area contributed by atoms with Crippen LogP contribution in [0.1, 0.15) is 47.7 Å². The maximum atomic E-state index is 14.0. The highest BCUT2D eigenvalue weighted by molar-refractivity contribution is 6.34. The van der Waals surface area contributed by atoms with E-state index in [0.717, 1.165) is 25.7 Å². The largest absolute Gasteiger partial charge is 0.298 e. The number of hydrogen-bond acceptors (Lipinski definition) is 2. The minimum absolute atomic E-state index is 0.0801. The zero-order valence-corrected chi connectivity index (χ0v) is 12.7. The van der Waals surface area contributed by atoms with Crippen LogP contribution in [0.5, 0.6) is 0 Å². The third-order valence-electron chi connectivity index (χ3n) is 3.90. The van der Waals surface area contributed by atoms with Crippen molar-refractivity contribution in [3.05, 3.63) is 45.4 Å². The molecule has 0 unspecified atom stereocenters. The topological polar surface area (TPSA) is 34.9 Å². The van der Waals surface area contributed by atoms with Crippen LogP contribution in [0.25, 0.3) is 5.69 Å². The number of aromatic nitrogens is 2. The molecule has 0 amide bonds. The van der Waals surface area contributed by atoms with Gasteiger partial charge in [0.15, 0.2) is 6.29 Å². The van der Waals surface area contributed by atoms with Crippen molar-refractivity contribution in [2.45, 2.75) is 31.6 Å². The summed E-state index contributed by atoms with van der Waals surface area (Å²) in [6.45, 7) is 0. The van der Waals surface area contributed by atoms with Gasteiger partial charge >= 0.3 is 0 Å². The number of rotatable bonds is 3. The predicted octanol–water partition coefficient (Wildman–Crippen LogP) is 4.79. The second-order valence-electron chi connectivity index (χ2n) is 5.17. The number of carbonyl (C=O) groups is 1. The van der Waals surface area contributed by atoms with Gasteiger partial charge in [0.05, 0.1) is 16.3 Å². The van der Waals surface area contributed by atoms with Crippen LogP contribution >= 0.6 is 23.2 Å². The van der Waals surface area contributed by atoms with Gasteiger partial charge < -0.3 is 0 Å². The van der Waals surface area contributed by atoms with E-state index in [4.69, 9.17) is 23.2 Å². The fraction of sp³-hybridized carbons (Fsp3) is 0.333. The molecule has 1 aliphatic carbocycles. The Morgan fingerprint density at radius 2 is 2.00 bits per heavy atom. The zero-order chi connectivity index (χ0) is 15.0. The second-order valence-corrected chi connectivity index (χ2v) is 5.94. The molecule has 1 aliphatic rings. The van der Waals surface area contributed by atoms with Gasteiger partial charge in [-0.15, -0.1) is 0 Å². The quantitative estimate of drug-likeness (QED) is 0.760. The highest BCUT2D eigenvalue weighted by Crippen LogP contribution is 2.38. The summed E-state index contributed by atoms with van der Waals surface area (Å²) in [4.78, 5) is 11.4. The standard InChI is InChI=1S/C15H13Cl2FN2O/c16-11-6-3-7-12(18)14(11)20-15(17)10(8-21)13(19-20)9-4-1-2-5-9/h3,6-9H,1-2,4-5H2. The lowest BCUT2D eigenvalue weighted by Crippen LogP contribution is -2.03. The van der Waals surface area contributed by atoms with Gasteiger partial charge in [-0.3, -0.25) is 4.79 Å². The predicted molar refractivity (Wildman–Crippen MR) is 80.1 cm³/mol. The van der Waals surface area contributed by atoms with Crippen molar-refractivity contribution in [1.29, 1.82) is 0 Å². The molecule has 0 aliphatic heterocycles. The molecule has 1 aromatic heterocycles. The Morgan fingerprint density at radius 3 is 2.62 bits per heavy atom. The number of halogens is 3. The minimum atomic E-state index is -0.526. The summed E-state index contributed by atoms with van der Waals surface area (Å²) in [6.07, 6.45) is 4.84. The van der Waals surface area contributed by atoms with Gasteiger partial charge in [0.1, 0.15) is 16.7 Å². The molecular weight excluding hydrogens is 314 g/mol. The van der Waals surface area contributed by atoms with E-state index in [1.165, 1.54) is 16.8 Å². The normalized spacial score (nSPS) is 15.6. The molecule has 1 aromatic carbocycles. The number of aldehydes is 1. The third kappa shape index (κ3) is 2.47. The van der Waals surface area contributed by atoms with E-state index in [-0.39, 0.29) is 21.8 Å². The average Bonchev–Trinajstić information content (AvgIpc) is 3.07. The van der Waals surface area contributed by atoms with Crippen LogP contribution in [0.15, 0.2) is 18.2 Å². The van der Waals surface area contributed by atoms with E-state index >= 15 is 0 Å². The van der Waals surface area contributed by atoms with E-state index in [9.17, 15) is 9.18 Å². The SMILES string of the molecule is O=Cc1c(C2CCCC2)nn(-c2c(F)cccc2Cl)c1Cl. The Kier molecular flexibility index (Phi) is 4.00. The highest BCUT2D eigenvalue weighted by atomic mass is 35.5. The first-order chi connectivity index (χ1) is 10.1. The molecule has 1 heterocycles. The molecule has 0 atom stereocenters. The fourth-order valence-electron chi connectivity index (χ4n) is 2.87. The van der Waals surface area contributed by atoms with Crippen LogP contribution < -0.4 is 0 Å². The minimum Gasteiger partial charge on any atom is -0.298 e. The summed E-state index contributed by atoms with van der Waals surface area (Å²) in [5, 5.41) is 4.70. The molecule has 0 saturated heterocycles. The van der Waals surface area contributed by atoms with Gasteiger partial charge in [-0.1, -0.05) is 42.1 Å². The first kappa shape index (κ1) is 14.5. The fourth-order valence-corrected chi connectivity index (χ4v) is 3.38. The molecule has 0 N–H and O–H groups in total. The number of nitrogens with zero attached hydrogens (tertiary/aromatic N) is 2. The summed E-state index contributed by atoms with van der Waals surface area (Å²) >= 11 is 12.3. The maximum Gasteiger partial charge on any atom is 0.155 e. The Hall–Kier alpha value is -1.39. The van der Waals surface area contributed by atoms with Gasteiger partial charge in [0.25, 0.3) is 0 Å². The lowest BCUT2D eigenvalue weighted by Gasteiger charge is -2.07. The number of carbonyl (C=O) groups excluding carboxylic acids is 1. The number of para-hydroxylation sites is 1. The van der Waals surface area contributed by atoms with E-state index < -0.39 is 5.82 Å². The molecule has 0 radical (unpaired) electrons. The zero-order valence-electron chi connectivity index (χ0n) is 11.2.